The first-order chi connectivity index (χ1) is 14.7. The Morgan fingerprint density at radius 3 is 2.33 bits per heavy atom. The van der Waals surface area contributed by atoms with Crippen molar-refractivity contribution in [1.82, 2.24) is 14.9 Å². The largest absolute Gasteiger partial charge is 0.477 e. The summed E-state index contributed by atoms with van der Waals surface area (Å²) in [6.45, 7) is 0.923. The van der Waals surface area contributed by atoms with Crippen LogP contribution in [0.1, 0.15) is 32.7 Å². The maximum absolute atomic E-state index is 13.2. The number of hydrogen-bond donors (Lipinski definition) is 0. The Morgan fingerprint density at radius 1 is 0.933 bits per heavy atom. The van der Waals surface area contributed by atoms with Crippen LogP contribution in [0, 0.1) is 0 Å². The monoisotopic (exact) mass is 403 g/mol. The van der Waals surface area contributed by atoms with Gasteiger partial charge >= 0.3 is 0 Å². The highest BCUT2D eigenvalue weighted by Gasteiger charge is 2.31. The Hall–Kier alpha value is -3.74. The van der Waals surface area contributed by atoms with Crippen molar-refractivity contribution in [2.75, 3.05) is 20.2 Å². The summed E-state index contributed by atoms with van der Waals surface area (Å²) in [6.07, 6.45) is 3.48. The van der Waals surface area contributed by atoms with E-state index in [-0.39, 0.29) is 17.8 Å². The predicted molar refractivity (Wildman–Crippen MR) is 110 cm³/mol. The number of methoxy groups -OCH3 is 1. The fourth-order valence-electron chi connectivity index (χ4n) is 3.48. The molecule has 1 unspecified atom stereocenters. The molecular weight excluding hydrogens is 382 g/mol. The lowest BCUT2D eigenvalue weighted by molar-refractivity contribution is 0.0766. The normalized spacial score (nSPS) is 15.6. The van der Waals surface area contributed by atoms with E-state index in [0.29, 0.717) is 48.0 Å². The van der Waals surface area contributed by atoms with E-state index in [0.717, 1.165) is 0 Å². The second-order valence-corrected chi connectivity index (χ2v) is 6.89. The molecule has 1 fully saturated rings. The van der Waals surface area contributed by atoms with E-state index in [4.69, 9.17) is 9.47 Å². The topological polar surface area (TPSA) is 81.6 Å². The summed E-state index contributed by atoms with van der Waals surface area (Å²) < 4.78 is 11.1. The van der Waals surface area contributed by atoms with Gasteiger partial charge in [-0.1, -0.05) is 48.5 Å². The van der Waals surface area contributed by atoms with Crippen molar-refractivity contribution in [3.05, 3.63) is 83.7 Å². The van der Waals surface area contributed by atoms with Gasteiger partial charge in [0, 0.05) is 36.5 Å². The van der Waals surface area contributed by atoms with Crippen LogP contribution in [0.3, 0.4) is 0 Å². The van der Waals surface area contributed by atoms with Gasteiger partial charge in [-0.25, -0.2) is 9.97 Å². The average molecular weight is 403 g/mol. The molecule has 7 nitrogen and oxygen atoms in total. The zero-order valence-electron chi connectivity index (χ0n) is 16.5. The van der Waals surface area contributed by atoms with Crippen LogP contribution >= 0.6 is 0 Å². The number of hydrogen-bond acceptors (Lipinski definition) is 6. The second-order valence-electron chi connectivity index (χ2n) is 6.89. The molecule has 0 spiro atoms. The highest BCUT2D eigenvalue weighted by molar-refractivity contribution is 6.15. The molecule has 0 aliphatic carbocycles. The molecular formula is C23H21N3O4. The Labute approximate surface area is 174 Å². The first kappa shape index (κ1) is 19.6. The summed E-state index contributed by atoms with van der Waals surface area (Å²) in [4.78, 5) is 36.1. The molecule has 0 saturated carbocycles. The van der Waals surface area contributed by atoms with E-state index in [1.165, 1.54) is 19.5 Å². The number of ether oxygens (including phenoxy) is 2. The lowest BCUT2D eigenvalue weighted by Gasteiger charge is -2.19. The van der Waals surface area contributed by atoms with Gasteiger partial charge in [0.1, 0.15) is 6.10 Å². The molecule has 1 amide bonds. The highest BCUT2D eigenvalue weighted by Crippen LogP contribution is 2.25. The van der Waals surface area contributed by atoms with Gasteiger partial charge < -0.3 is 14.4 Å². The zero-order chi connectivity index (χ0) is 20.9. The third-order valence-corrected chi connectivity index (χ3v) is 4.98. The molecule has 2 heterocycles. The van der Waals surface area contributed by atoms with Crippen LogP contribution in [0.15, 0.2) is 67.0 Å². The lowest BCUT2D eigenvalue weighted by Crippen LogP contribution is -2.32. The summed E-state index contributed by atoms with van der Waals surface area (Å²) in [6, 6.07) is 15.9. The molecule has 0 N–H and O–H groups in total. The fourth-order valence-corrected chi connectivity index (χ4v) is 3.48. The number of benzene rings is 2. The van der Waals surface area contributed by atoms with Crippen LogP contribution in [0.2, 0.25) is 0 Å². The summed E-state index contributed by atoms with van der Waals surface area (Å²) in [5.74, 6) is 0.253. The van der Waals surface area contributed by atoms with E-state index < -0.39 is 0 Å². The summed E-state index contributed by atoms with van der Waals surface area (Å²) in [5, 5.41) is 0. The summed E-state index contributed by atoms with van der Waals surface area (Å²) in [7, 11) is 1.50. The SMILES string of the molecule is COc1nccnc1OC1CCN(C(=O)c2ccccc2C(=O)c2ccccc2)C1. The zero-order valence-corrected chi connectivity index (χ0v) is 16.5. The molecule has 7 heteroatoms. The Morgan fingerprint density at radius 2 is 1.60 bits per heavy atom. The van der Waals surface area contributed by atoms with Crippen molar-refractivity contribution in [3.8, 4) is 11.8 Å². The van der Waals surface area contributed by atoms with E-state index >= 15 is 0 Å². The third-order valence-electron chi connectivity index (χ3n) is 4.98. The number of carbonyl (C=O) groups excluding carboxylic acids is 2. The molecule has 0 bridgehead atoms. The molecule has 1 aliphatic heterocycles. The molecule has 1 aliphatic rings. The van der Waals surface area contributed by atoms with Crippen molar-refractivity contribution < 1.29 is 19.1 Å². The van der Waals surface area contributed by atoms with E-state index in [1.807, 2.05) is 6.07 Å². The predicted octanol–water partition coefficient (Wildman–Crippen LogP) is 3.01. The van der Waals surface area contributed by atoms with Crippen LogP contribution in [-0.4, -0.2) is 52.9 Å². The first-order valence-electron chi connectivity index (χ1n) is 9.67. The van der Waals surface area contributed by atoms with E-state index in [2.05, 4.69) is 9.97 Å². The molecule has 0 radical (unpaired) electrons. The second kappa shape index (κ2) is 8.73. The number of likely N-dealkylation sites (tertiary alicyclic amines) is 1. The van der Waals surface area contributed by atoms with Crippen LogP contribution in [0.5, 0.6) is 11.8 Å². The summed E-state index contributed by atoms with van der Waals surface area (Å²) in [5.41, 5.74) is 1.34. The van der Waals surface area contributed by atoms with Crippen LogP contribution in [-0.2, 0) is 0 Å². The Bertz CT molecular complexity index is 1060. The van der Waals surface area contributed by atoms with E-state index in [9.17, 15) is 9.59 Å². The fraction of sp³-hybridized carbons (Fsp3) is 0.217. The standard InChI is InChI=1S/C23H21N3O4/c1-29-21-22(25-13-12-24-21)30-17-11-14-26(15-17)23(28)19-10-6-5-9-18(19)20(27)16-7-3-2-4-8-16/h2-10,12-13,17H,11,14-15H2,1H3. The number of ketones is 1. The smallest absolute Gasteiger partial charge is 0.278 e. The molecule has 2 aromatic carbocycles. The average Bonchev–Trinajstić information content (AvgIpc) is 3.27. The van der Waals surface area contributed by atoms with Crippen molar-refractivity contribution in [2.45, 2.75) is 12.5 Å². The number of aromatic nitrogens is 2. The van der Waals surface area contributed by atoms with Gasteiger partial charge in [-0.05, 0) is 6.07 Å². The van der Waals surface area contributed by atoms with Crippen molar-refractivity contribution in [2.24, 2.45) is 0 Å². The van der Waals surface area contributed by atoms with Gasteiger partial charge in [0.05, 0.1) is 19.2 Å². The van der Waals surface area contributed by atoms with Crippen molar-refractivity contribution >= 4 is 11.7 Å². The first-order valence-corrected chi connectivity index (χ1v) is 9.67. The number of rotatable bonds is 6. The molecule has 1 saturated heterocycles. The Kier molecular flexibility index (Phi) is 5.70. The quantitative estimate of drug-likeness (QED) is 0.589. The van der Waals surface area contributed by atoms with Gasteiger partial charge in [-0.3, -0.25) is 9.59 Å². The van der Waals surface area contributed by atoms with Crippen LogP contribution in [0.4, 0.5) is 0 Å². The third kappa shape index (κ3) is 4.00. The minimum atomic E-state index is -0.225. The molecule has 30 heavy (non-hydrogen) atoms. The van der Waals surface area contributed by atoms with Crippen molar-refractivity contribution in [1.29, 1.82) is 0 Å². The molecule has 1 atom stereocenters. The van der Waals surface area contributed by atoms with Crippen LogP contribution < -0.4 is 9.47 Å². The molecule has 3 aromatic rings. The molecule has 152 valence electrons. The Balaban J connectivity index is 1.50. The van der Waals surface area contributed by atoms with Crippen LogP contribution in [0.25, 0.3) is 0 Å². The number of amides is 1. The summed E-state index contributed by atoms with van der Waals surface area (Å²) >= 11 is 0. The van der Waals surface area contributed by atoms with Gasteiger partial charge in [-0.15, -0.1) is 0 Å². The minimum Gasteiger partial charge on any atom is -0.477 e. The molecule has 1 aromatic heterocycles. The number of carbonyl (C=O) groups is 2. The van der Waals surface area contributed by atoms with E-state index in [1.54, 1.807) is 53.4 Å². The maximum atomic E-state index is 13.2. The van der Waals surface area contributed by atoms with Crippen molar-refractivity contribution in [3.63, 3.8) is 0 Å². The van der Waals surface area contributed by atoms with Gasteiger partial charge in [0.2, 0.25) is 0 Å². The van der Waals surface area contributed by atoms with Gasteiger partial charge in [-0.2, -0.15) is 0 Å². The number of nitrogens with zero attached hydrogens (tertiary/aromatic N) is 3. The van der Waals surface area contributed by atoms with Gasteiger partial charge in [0.15, 0.2) is 5.78 Å². The van der Waals surface area contributed by atoms with Gasteiger partial charge in [0.25, 0.3) is 17.7 Å². The highest BCUT2D eigenvalue weighted by atomic mass is 16.5. The lowest BCUT2D eigenvalue weighted by atomic mass is 9.97. The maximum Gasteiger partial charge on any atom is 0.278 e. The minimum absolute atomic E-state index is 0.171. The molecule has 4 rings (SSSR count).